The first-order valence-electron chi connectivity index (χ1n) is 7.84. The van der Waals surface area contributed by atoms with Crippen LogP contribution in [0.25, 0.3) is 0 Å². The average molecular weight is 398 g/mol. The summed E-state index contributed by atoms with van der Waals surface area (Å²) in [5.41, 5.74) is 0. The van der Waals surface area contributed by atoms with Gasteiger partial charge in [0.05, 0.1) is 12.7 Å². The van der Waals surface area contributed by atoms with Gasteiger partial charge >= 0.3 is 0 Å². The number of nitrogens with zero attached hydrogens (tertiary/aromatic N) is 4. The highest BCUT2D eigenvalue weighted by atomic mass is 35.5. The van der Waals surface area contributed by atoms with Crippen molar-refractivity contribution in [3.05, 3.63) is 5.82 Å². The summed E-state index contributed by atoms with van der Waals surface area (Å²) in [5.74, 6) is 0.969. The minimum atomic E-state index is -0.218. The lowest BCUT2D eigenvalue weighted by Gasteiger charge is -2.33. The zero-order valence-electron chi connectivity index (χ0n) is 13.9. The maximum Gasteiger partial charge on any atom is 0.242 e. The number of carbonyl (C=O) groups is 1. The smallest absolute Gasteiger partial charge is 0.242 e. The molecule has 0 aromatic carbocycles. The highest BCUT2D eigenvalue weighted by molar-refractivity contribution is 7.09. The molecule has 10 heteroatoms. The Bertz CT molecular complexity index is 533. The Morgan fingerprint density at radius 2 is 2.08 bits per heavy atom. The van der Waals surface area contributed by atoms with Crippen LogP contribution in [-0.2, 0) is 9.53 Å². The molecular weight excluding hydrogens is 373 g/mol. The molecule has 0 spiro atoms. The molecule has 24 heavy (non-hydrogen) atoms. The molecule has 0 aliphatic carbocycles. The number of amides is 1. The van der Waals surface area contributed by atoms with E-state index in [-0.39, 0.29) is 42.9 Å². The van der Waals surface area contributed by atoms with Crippen molar-refractivity contribution in [1.82, 2.24) is 19.6 Å². The van der Waals surface area contributed by atoms with Crippen molar-refractivity contribution in [3.63, 3.8) is 0 Å². The third kappa shape index (κ3) is 4.92. The molecule has 0 bridgehead atoms. The quantitative estimate of drug-likeness (QED) is 0.805. The van der Waals surface area contributed by atoms with Crippen molar-refractivity contribution in [1.29, 1.82) is 0 Å². The fourth-order valence-corrected chi connectivity index (χ4v) is 3.68. The van der Waals surface area contributed by atoms with Gasteiger partial charge in [-0.25, -0.2) is 4.98 Å². The van der Waals surface area contributed by atoms with E-state index in [0.717, 1.165) is 50.1 Å². The predicted molar refractivity (Wildman–Crippen MR) is 99.8 cm³/mol. The van der Waals surface area contributed by atoms with E-state index >= 15 is 0 Å². The SMILES string of the molecule is Cc1nsc(N2CCCN(C(=O)[C@H]3NCCO[C@@H]3C)CC2)n1.Cl.Cl. The number of ether oxygens (including phenoxy) is 1. The number of hydrogen-bond donors (Lipinski definition) is 1. The van der Waals surface area contributed by atoms with Crippen LogP contribution >= 0.6 is 36.3 Å². The standard InChI is InChI=1S/C14H23N5O2S.2ClH/c1-10-12(15-4-9-21-10)13(20)18-5-3-6-19(8-7-18)14-16-11(2)17-22-14;;/h10,12,15H,3-9H2,1-2H3;2*1H/t10-,12+;;/m1../s1. The fraction of sp³-hybridized carbons (Fsp3) is 0.786. The molecule has 2 fully saturated rings. The molecule has 2 saturated heterocycles. The molecule has 138 valence electrons. The topological polar surface area (TPSA) is 70.6 Å². The van der Waals surface area contributed by atoms with Gasteiger partial charge in [0.25, 0.3) is 0 Å². The van der Waals surface area contributed by atoms with E-state index < -0.39 is 0 Å². The van der Waals surface area contributed by atoms with Gasteiger partial charge in [0.1, 0.15) is 11.9 Å². The van der Waals surface area contributed by atoms with Gasteiger partial charge in [0.2, 0.25) is 11.0 Å². The molecule has 1 aromatic rings. The van der Waals surface area contributed by atoms with Crippen molar-refractivity contribution >= 4 is 47.4 Å². The first-order valence-corrected chi connectivity index (χ1v) is 8.61. The van der Waals surface area contributed by atoms with Crippen molar-refractivity contribution in [2.75, 3.05) is 44.2 Å². The van der Waals surface area contributed by atoms with Crippen LogP contribution in [0.2, 0.25) is 0 Å². The summed E-state index contributed by atoms with van der Waals surface area (Å²) in [6.45, 7) is 8.53. The Morgan fingerprint density at radius 3 is 2.75 bits per heavy atom. The fourth-order valence-electron chi connectivity index (χ4n) is 2.95. The zero-order chi connectivity index (χ0) is 15.5. The van der Waals surface area contributed by atoms with E-state index in [1.807, 2.05) is 18.7 Å². The molecule has 0 saturated carbocycles. The van der Waals surface area contributed by atoms with Gasteiger partial charge in [0.15, 0.2) is 0 Å². The number of aromatic nitrogens is 2. The van der Waals surface area contributed by atoms with Gasteiger partial charge in [-0.05, 0) is 20.3 Å². The van der Waals surface area contributed by atoms with Crippen LogP contribution < -0.4 is 10.2 Å². The van der Waals surface area contributed by atoms with E-state index in [4.69, 9.17) is 4.74 Å². The van der Waals surface area contributed by atoms with Crippen molar-refractivity contribution in [3.8, 4) is 0 Å². The minimum absolute atomic E-state index is 0. The van der Waals surface area contributed by atoms with Crippen LogP contribution in [0.5, 0.6) is 0 Å². The molecule has 7 nitrogen and oxygen atoms in total. The number of aryl methyl sites for hydroxylation is 1. The third-order valence-corrected chi connectivity index (χ3v) is 5.05. The number of nitrogens with one attached hydrogen (secondary N) is 1. The van der Waals surface area contributed by atoms with Crippen LogP contribution in [0.4, 0.5) is 5.13 Å². The molecule has 2 aliphatic heterocycles. The van der Waals surface area contributed by atoms with Crippen LogP contribution in [-0.4, -0.2) is 71.6 Å². The van der Waals surface area contributed by atoms with Crippen molar-refractivity contribution < 1.29 is 9.53 Å². The number of halogens is 2. The zero-order valence-corrected chi connectivity index (χ0v) is 16.4. The number of rotatable bonds is 2. The predicted octanol–water partition coefficient (Wildman–Crippen LogP) is 1.11. The molecular formula is C14H25Cl2N5O2S. The maximum atomic E-state index is 12.7. The molecule has 0 unspecified atom stereocenters. The van der Waals surface area contributed by atoms with E-state index in [2.05, 4.69) is 19.6 Å². The van der Waals surface area contributed by atoms with Crippen LogP contribution in [0.3, 0.4) is 0 Å². The lowest BCUT2D eigenvalue weighted by molar-refractivity contribution is -0.139. The monoisotopic (exact) mass is 397 g/mol. The molecule has 0 radical (unpaired) electrons. The summed E-state index contributed by atoms with van der Waals surface area (Å²) < 4.78 is 9.83. The minimum Gasteiger partial charge on any atom is -0.375 e. The molecule has 1 aromatic heterocycles. The van der Waals surface area contributed by atoms with E-state index in [1.165, 1.54) is 11.5 Å². The number of hydrogen-bond acceptors (Lipinski definition) is 7. The van der Waals surface area contributed by atoms with Gasteiger partial charge in [-0.15, -0.1) is 24.8 Å². The second-order valence-electron chi connectivity index (χ2n) is 5.80. The lowest BCUT2D eigenvalue weighted by atomic mass is 10.1. The molecule has 1 amide bonds. The van der Waals surface area contributed by atoms with Gasteiger partial charge in [-0.2, -0.15) is 4.37 Å². The summed E-state index contributed by atoms with van der Waals surface area (Å²) >= 11 is 1.43. The summed E-state index contributed by atoms with van der Waals surface area (Å²) in [7, 11) is 0. The largest absolute Gasteiger partial charge is 0.375 e. The maximum absolute atomic E-state index is 12.7. The first kappa shape index (κ1) is 21.4. The first-order chi connectivity index (χ1) is 10.6. The average Bonchev–Trinajstić information content (AvgIpc) is 2.81. The highest BCUT2D eigenvalue weighted by Crippen LogP contribution is 2.19. The van der Waals surface area contributed by atoms with Crippen molar-refractivity contribution in [2.24, 2.45) is 0 Å². The van der Waals surface area contributed by atoms with Gasteiger partial charge in [-0.1, -0.05) is 0 Å². The molecule has 2 aliphatic rings. The molecule has 2 atom stereocenters. The summed E-state index contributed by atoms with van der Waals surface area (Å²) in [4.78, 5) is 21.3. The van der Waals surface area contributed by atoms with E-state index in [9.17, 15) is 4.79 Å². The second kappa shape index (κ2) is 9.72. The molecule has 1 N–H and O–H groups in total. The summed E-state index contributed by atoms with van der Waals surface area (Å²) in [6.07, 6.45) is 0.887. The van der Waals surface area contributed by atoms with Gasteiger partial charge in [0, 0.05) is 44.3 Å². The number of morpholine rings is 1. The highest BCUT2D eigenvalue weighted by Gasteiger charge is 2.32. The Kier molecular flexibility index (Phi) is 8.66. The summed E-state index contributed by atoms with van der Waals surface area (Å²) in [5, 5.41) is 4.24. The second-order valence-corrected chi connectivity index (χ2v) is 6.53. The Balaban J connectivity index is 0.00000144. The van der Waals surface area contributed by atoms with Crippen LogP contribution in [0.1, 0.15) is 19.2 Å². The number of anilines is 1. The Morgan fingerprint density at radius 1 is 1.29 bits per heavy atom. The van der Waals surface area contributed by atoms with Gasteiger partial charge < -0.3 is 19.9 Å². The lowest BCUT2D eigenvalue weighted by Crippen LogP contribution is -2.56. The Hall–Kier alpha value is -0.670. The van der Waals surface area contributed by atoms with E-state index in [1.54, 1.807) is 0 Å². The molecule has 3 rings (SSSR count). The molecule has 3 heterocycles. The van der Waals surface area contributed by atoms with E-state index in [0.29, 0.717) is 6.61 Å². The number of carbonyl (C=O) groups excluding carboxylic acids is 1. The summed E-state index contributed by atoms with van der Waals surface area (Å²) in [6, 6.07) is -0.218. The normalized spacial score (nSPS) is 24.6. The Labute approximate surface area is 159 Å². The van der Waals surface area contributed by atoms with Gasteiger partial charge in [-0.3, -0.25) is 4.79 Å². The van der Waals surface area contributed by atoms with Crippen LogP contribution in [0.15, 0.2) is 0 Å². The van der Waals surface area contributed by atoms with Crippen LogP contribution in [0, 0.1) is 6.92 Å². The third-order valence-electron chi connectivity index (χ3n) is 4.18. The van der Waals surface area contributed by atoms with Crippen molar-refractivity contribution in [2.45, 2.75) is 32.4 Å².